The van der Waals surface area contributed by atoms with Crippen LogP contribution in [-0.2, 0) is 20.9 Å². The smallest absolute Gasteiger partial charge is 0.262 e. The van der Waals surface area contributed by atoms with Gasteiger partial charge < -0.3 is 15.4 Å². The topological polar surface area (TPSA) is 117 Å². The molecule has 1 atom stereocenters. The Labute approximate surface area is 174 Å². The van der Waals surface area contributed by atoms with Crippen molar-refractivity contribution < 1.29 is 23.9 Å². The Hall–Kier alpha value is -2.62. The third kappa shape index (κ3) is 3.76. The Kier molecular flexibility index (Phi) is 5.68. The number of nitrogens with one attached hydrogen (secondary N) is 3. The maximum absolute atomic E-state index is 12.9. The second-order valence-electron chi connectivity index (χ2n) is 8.07. The number of carbonyl (C=O) groups excluding carboxylic acids is 4. The number of fused-ring (bicyclic) bond motifs is 1. The summed E-state index contributed by atoms with van der Waals surface area (Å²) in [6.45, 7) is 3.06. The van der Waals surface area contributed by atoms with Gasteiger partial charge in [-0.25, -0.2) is 0 Å². The molecule has 3 aliphatic heterocycles. The standard InChI is InChI=1S/C21H26N4O5/c1-30-21(6-8-22-9-7-21)12-23-11-13-2-3-14-15(10-13)20(29)25(19(14)28)16-4-5-17(26)24-18(16)27/h2-3,10,16,22-23H,4-9,11-12H2,1H3,(H,24,26,27). The molecule has 1 unspecified atom stereocenters. The normalized spacial score (nSPS) is 23.5. The number of methoxy groups -OCH3 is 1. The molecule has 4 rings (SSSR count). The summed E-state index contributed by atoms with van der Waals surface area (Å²) in [6, 6.07) is 4.20. The van der Waals surface area contributed by atoms with Gasteiger partial charge in [-0.2, -0.15) is 0 Å². The van der Waals surface area contributed by atoms with Crippen LogP contribution in [0.25, 0.3) is 0 Å². The summed E-state index contributed by atoms with van der Waals surface area (Å²) in [5.41, 5.74) is 1.27. The molecule has 0 bridgehead atoms. The number of carbonyl (C=O) groups is 4. The highest BCUT2D eigenvalue weighted by Gasteiger charge is 2.44. The lowest BCUT2D eigenvalue weighted by Crippen LogP contribution is -2.54. The summed E-state index contributed by atoms with van der Waals surface area (Å²) in [7, 11) is 1.73. The predicted octanol–water partition coefficient (Wildman–Crippen LogP) is -0.0540. The van der Waals surface area contributed by atoms with Crippen molar-refractivity contribution >= 4 is 23.6 Å². The molecule has 160 valence electrons. The molecule has 2 fully saturated rings. The first-order valence-electron chi connectivity index (χ1n) is 10.3. The van der Waals surface area contributed by atoms with E-state index in [1.54, 1.807) is 19.2 Å². The fourth-order valence-corrected chi connectivity index (χ4v) is 4.40. The number of imide groups is 2. The minimum atomic E-state index is -0.946. The Balaban J connectivity index is 1.44. The molecule has 1 aromatic rings. The largest absolute Gasteiger partial charge is 0.377 e. The highest BCUT2D eigenvalue weighted by Crippen LogP contribution is 2.28. The molecule has 30 heavy (non-hydrogen) atoms. The van der Waals surface area contributed by atoms with Gasteiger partial charge in [-0.3, -0.25) is 29.4 Å². The van der Waals surface area contributed by atoms with Crippen molar-refractivity contribution in [1.82, 2.24) is 20.9 Å². The molecule has 0 aliphatic carbocycles. The van der Waals surface area contributed by atoms with Gasteiger partial charge in [0.1, 0.15) is 6.04 Å². The van der Waals surface area contributed by atoms with Crippen LogP contribution >= 0.6 is 0 Å². The Morgan fingerprint density at radius 3 is 2.57 bits per heavy atom. The number of piperidine rings is 2. The first kappa shape index (κ1) is 20.6. The van der Waals surface area contributed by atoms with Crippen LogP contribution in [0.2, 0.25) is 0 Å². The van der Waals surface area contributed by atoms with E-state index < -0.39 is 23.8 Å². The zero-order valence-electron chi connectivity index (χ0n) is 17.0. The molecule has 9 nitrogen and oxygen atoms in total. The number of hydrogen-bond donors (Lipinski definition) is 3. The molecule has 0 aromatic heterocycles. The minimum Gasteiger partial charge on any atom is -0.377 e. The van der Waals surface area contributed by atoms with Gasteiger partial charge in [0, 0.05) is 26.6 Å². The van der Waals surface area contributed by atoms with Crippen LogP contribution in [0.4, 0.5) is 0 Å². The zero-order chi connectivity index (χ0) is 21.3. The van der Waals surface area contributed by atoms with Crippen molar-refractivity contribution in [2.24, 2.45) is 0 Å². The number of rotatable bonds is 6. The van der Waals surface area contributed by atoms with Gasteiger partial charge in [-0.15, -0.1) is 0 Å². The molecule has 0 saturated carbocycles. The molecular weight excluding hydrogens is 388 g/mol. The second kappa shape index (κ2) is 8.25. The molecule has 3 aliphatic rings. The van der Waals surface area contributed by atoms with Crippen molar-refractivity contribution in [2.45, 2.75) is 43.9 Å². The summed E-state index contributed by atoms with van der Waals surface area (Å²) >= 11 is 0. The van der Waals surface area contributed by atoms with E-state index in [2.05, 4.69) is 16.0 Å². The van der Waals surface area contributed by atoms with Gasteiger partial charge in [0.05, 0.1) is 16.7 Å². The zero-order valence-corrected chi connectivity index (χ0v) is 17.0. The average molecular weight is 414 g/mol. The van der Waals surface area contributed by atoms with Crippen molar-refractivity contribution in [3.63, 3.8) is 0 Å². The number of ether oxygens (including phenoxy) is 1. The number of benzene rings is 1. The van der Waals surface area contributed by atoms with Crippen LogP contribution in [0.3, 0.4) is 0 Å². The lowest BCUT2D eigenvalue weighted by Gasteiger charge is -2.36. The molecule has 0 radical (unpaired) electrons. The van der Waals surface area contributed by atoms with E-state index in [0.717, 1.165) is 36.4 Å². The summed E-state index contributed by atoms with van der Waals surface area (Å²) in [5, 5.41) is 8.93. The summed E-state index contributed by atoms with van der Waals surface area (Å²) in [6.07, 6.45) is 2.11. The maximum atomic E-state index is 12.9. The Morgan fingerprint density at radius 2 is 1.87 bits per heavy atom. The molecule has 4 amide bonds. The lowest BCUT2D eigenvalue weighted by molar-refractivity contribution is -0.136. The fourth-order valence-electron chi connectivity index (χ4n) is 4.40. The second-order valence-corrected chi connectivity index (χ2v) is 8.07. The van der Waals surface area contributed by atoms with Crippen molar-refractivity contribution in [3.05, 3.63) is 34.9 Å². The molecule has 9 heteroatoms. The van der Waals surface area contributed by atoms with E-state index in [-0.39, 0.29) is 24.3 Å². The SMILES string of the molecule is COC1(CNCc2ccc3c(c2)C(=O)N(C2CCC(=O)NC2=O)C3=O)CCNCC1. The monoisotopic (exact) mass is 414 g/mol. The molecule has 1 aromatic carbocycles. The summed E-state index contributed by atoms with van der Waals surface area (Å²) in [5.74, 6) is -1.96. The Bertz CT molecular complexity index is 893. The first-order valence-corrected chi connectivity index (χ1v) is 10.3. The number of amides is 4. The van der Waals surface area contributed by atoms with Crippen molar-refractivity contribution in [3.8, 4) is 0 Å². The number of nitrogens with zero attached hydrogens (tertiary/aromatic N) is 1. The Morgan fingerprint density at radius 1 is 1.13 bits per heavy atom. The van der Waals surface area contributed by atoms with E-state index in [4.69, 9.17) is 4.74 Å². The van der Waals surface area contributed by atoms with Gasteiger partial charge in [0.25, 0.3) is 11.8 Å². The van der Waals surface area contributed by atoms with Crippen molar-refractivity contribution in [1.29, 1.82) is 0 Å². The number of hydrogen-bond acceptors (Lipinski definition) is 7. The van der Waals surface area contributed by atoms with Crippen LogP contribution in [0.5, 0.6) is 0 Å². The van der Waals surface area contributed by atoms with Crippen molar-refractivity contribution in [2.75, 3.05) is 26.7 Å². The third-order valence-electron chi connectivity index (χ3n) is 6.23. The molecule has 0 spiro atoms. The van der Waals surface area contributed by atoms with Crippen LogP contribution in [0, 0.1) is 0 Å². The van der Waals surface area contributed by atoms with E-state index >= 15 is 0 Å². The minimum absolute atomic E-state index is 0.107. The van der Waals surface area contributed by atoms with Gasteiger partial charge in [-0.1, -0.05) is 6.07 Å². The average Bonchev–Trinajstić information content (AvgIpc) is 2.99. The molecule has 3 heterocycles. The molecule has 2 saturated heterocycles. The first-order chi connectivity index (χ1) is 14.4. The molecular formula is C21H26N4O5. The van der Waals surface area contributed by atoms with Crippen LogP contribution < -0.4 is 16.0 Å². The molecule has 3 N–H and O–H groups in total. The maximum Gasteiger partial charge on any atom is 0.262 e. The van der Waals surface area contributed by atoms with E-state index in [1.165, 1.54) is 0 Å². The predicted molar refractivity (Wildman–Crippen MR) is 107 cm³/mol. The summed E-state index contributed by atoms with van der Waals surface area (Å²) in [4.78, 5) is 50.2. The highest BCUT2D eigenvalue weighted by molar-refractivity contribution is 6.23. The summed E-state index contributed by atoms with van der Waals surface area (Å²) < 4.78 is 5.75. The van der Waals surface area contributed by atoms with E-state index in [0.29, 0.717) is 24.2 Å². The van der Waals surface area contributed by atoms with Gasteiger partial charge in [0.2, 0.25) is 11.8 Å². The quantitative estimate of drug-likeness (QED) is 0.559. The van der Waals surface area contributed by atoms with Crippen LogP contribution in [0.15, 0.2) is 18.2 Å². The van der Waals surface area contributed by atoms with Crippen LogP contribution in [0.1, 0.15) is 52.0 Å². The van der Waals surface area contributed by atoms with Gasteiger partial charge in [0.15, 0.2) is 0 Å². The fraction of sp³-hybridized carbons (Fsp3) is 0.524. The van der Waals surface area contributed by atoms with E-state index in [1.807, 2.05) is 6.07 Å². The van der Waals surface area contributed by atoms with E-state index in [9.17, 15) is 19.2 Å². The third-order valence-corrected chi connectivity index (χ3v) is 6.23. The van der Waals surface area contributed by atoms with Crippen LogP contribution in [-0.4, -0.2) is 66.9 Å². The van der Waals surface area contributed by atoms with Gasteiger partial charge >= 0.3 is 0 Å². The highest BCUT2D eigenvalue weighted by atomic mass is 16.5. The lowest BCUT2D eigenvalue weighted by atomic mass is 9.92. The van der Waals surface area contributed by atoms with Gasteiger partial charge in [-0.05, 0) is 50.0 Å².